The molecule has 2 rings (SSSR count). The number of nitrogens with two attached hydrogens (primary N) is 1. The fourth-order valence-electron chi connectivity index (χ4n) is 1.30. The van der Waals surface area contributed by atoms with E-state index in [2.05, 4.69) is 9.97 Å². The van der Waals surface area contributed by atoms with E-state index in [1.807, 2.05) is 6.92 Å². The first-order valence-electron chi connectivity index (χ1n) is 4.74. The normalized spacial score (nSPS) is 10.1. The number of nitrogen functional groups attached to an aromatic ring is 1. The first-order chi connectivity index (χ1) is 7.66. The van der Waals surface area contributed by atoms with Gasteiger partial charge in [-0.1, -0.05) is 0 Å². The Morgan fingerprint density at radius 2 is 2.25 bits per heavy atom. The van der Waals surface area contributed by atoms with Gasteiger partial charge in [0, 0.05) is 18.1 Å². The first kappa shape index (κ1) is 10.2. The molecule has 0 amide bonds. The van der Waals surface area contributed by atoms with Gasteiger partial charge in [0.25, 0.3) is 5.88 Å². The zero-order valence-corrected chi connectivity index (χ0v) is 8.73. The molecular weight excluding hydrogens is 206 g/mol. The van der Waals surface area contributed by atoms with Crippen LogP contribution in [-0.2, 0) is 0 Å². The van der Waals surface area contributed by atoms with E-state index in [0.717, 1.165) is 5.56 Å². The van der Waals surface area contributed by atoms with Gasteiger partial charge in [-0.25, -0.2) is 4.98 Å². The molecule has 0 bridgehead atoms. The van der Waals surface area contributed by atoms with Crippen molar-refractivity contribution >= 4 is 5.69 Å². The van der Waals surface area contributed by atoms with Gasteiger partial charge < -0.3 is 15.5 Å². The molecule has 1 heterocycles. The highest BCUT2D eigenvalue weighted by molar-refractivity contribution is 5.47. The lowest BCUT2D eigenvalue weighted by molar-refractivity contribution is 0.451. The van der Waals surface area contributed by atoms with Crippen molar-refractivity contribution in [1.29, 1.82) is 0 Å². The standard InChI is InChI=1S/C11H11N3O2/c1-7-6-8(12)2-3-9(7)16-11-10(15)13-4-5-14-11/h2-6H,12H2,1H3,(H,13,15). The molecule has 3 N–H and O–H groups in total. The number of nitrogens with one attached hydrogen (secondary N) is 1. The maximum absolute atomic E-state index is 11.3. The second-order valence-corrected chi connectivity index (χ2v) is 3.35. The van der Waals surface area contributed by atoms with Crippen molar-refractivity contribution in [2.75, 3.05) is 5.73 Å². The number of aryl methyl sites for hydroxylation is 1. The van der Waals surface area contributed by atoms with E-state index in [1.165, 1.54) is 12.4 Å². The van der Waals surface area contributed by atoms with Crippen LogP contribution in [0.5, 0.6) is 11.6 Å². The predicted molar refractivity (Wildman–Crippen MR) is 60.5 cm³/mol. The number of rotatable bonds is 2. The highest BCUT2D eigenvalue weighted by Gasteiger charge is 2.05. The third-order valence-corrected chi connectivity index (χ3v) is 2.08. The zero-order chi connectivity index (χ0) is 11.5. The Kier molecular flexibility index (Phi) is 2.59. The monoisotopic (exact) mass is 217 g/mol. The number of hydrogen-bond acceptors (Lipinski definition) is 4. The van der Waals surface area contributed by atoms with Gasteiger partial charge in [0.1, 0.15) is 5.75 Å². The van der Waals surface area contributed by atoms with E-state index < -0.39 is 0 Å². The number of benzene rings is 1. The van der Waals surface area contributed by atoms with Crippen LogP contribution in [-0.4, -0.2) is 9.97 Å². The highest BCUT2D eigenvalue weighted by atomic mass is 16.5. The van der Waals surface area contributed by atoms with E-state index in [1.54, 1.807) is 18.2 Å². The molecule has 2 aromatic rings. The molecule has 1 aromatic carbocycles. The Morgan fingerprint density at radius 3 is 2.94 bits per heavy atom. The Hall–Kier alpha value is -2.30. The van der Waals surface area contributed by atoms with Crippen LogP contribution < -0.4 is 16.0 Å². The molecule has 0 spiro atoms. The molecule has 5 heteroatoms. The molecule has 0 unspecified atom stereocenters. The van der Waals surface area contributed by atoms with Crippen molar-refractivity contribution in [3.05, 3.63) is 46.5 Å². The average Bonchev–Trinajstić information content (AvgIpc) is 2.25. The summed E-state index contributed by atoms with van der Waals surface area (Å²) in [6.45, 7) is 1.85. The number of aromatic amines is 1. The van der Waals surface area contributed by atoms with Crippen LogP contribution in [0.4, 0.5) is 5.69 Å². The minimum absolute atomic E-state index is 0.0235. The Labute approximate surface area is 91.9 Å². The lowest BCUT2D eigenvalue weighted by Gasteiger charge is -2.06. The number of aromatic nitrogens is 2. The summed E-state index contributed by atoms with van der Waals surface area (Å²) in [6.07, 6.45) is 2.91. The lowest BCUT2D eigenvalue weighted by Crippen LogP contribution is -2.09. The highest BCUT2D eigenvalue weighted by Crippen LogP contribution is 2.23. The number of ether oxygens (including phenoxy) is 1. The Balaban J connectivity index is 2.35. The van der Waals surface area contributed by atoms with Crippen molar-refractivity contribution in [2.45, 2.75) is 6.92 Å². The molecule has 1 aromatic heterocycles. The maximum atomic E-state index is 11.3. The molecule has 5 nitrogen and oxygen atoms in total. The molecule has 0 atom stereocenters. The minimum atomic E-state index is -0.362. The molecule has 0 fully saturated rings. The van der Waals surface area contributed by atoms with Crippen molar-refractivity contribution in [3.63, 3.8) is 0 Å². The third-order valence-electron chi connectivity index (χ3n) is 2.08. The molecule has 82 valence electrons. The van der Waals surface area contributed by atoms with Gasteiger partial charge in [-0.3, -0.25) is 4.79 Å². The van der Waals surface area contributed by atoms with E-state index >= 15 is 0 Å². The average molecular weight is 217 g/mol. The van der Waals surface area contributed by atoms with Gasteiger partial charge in [-0.15, -0.1) is 0 Å². The van der Waals surface area contributed by atoms with E-state index in [0.29, 0.717) is 11.4 Å². The second kappa shape index (κ2) is 4.06. The molecular formula is C11H11N3O2. The van der Waals surface area contributed by atoms with Crippen LogP contribution in [0.3, 0.4) is 0 Å². The Bertz CT molecular complexity index is 563. The van der Waals surface area contributed by atoms with Crippen molar-refractivity contribution in [1.82, 2.24) is 9.97 Å². The smallest absolute Gasteiger partial charge is 0.311 e. The SMILES string of the molecule is Cc1cc(N)ccc1Oc1ncc[nH]c1=O. The lowest BCUT2D eigenvalue weighted by atomic mass is 10.2. The quantitative estimate of drug-likeness (QED) is 0.746. The topological polar surface area (TPSA) is 81.0 Å². The van der Waals surface area contributed by atoms with Crippen LogP contribution >= 0.6 is 0 Å². The Morgan fingerprint density at radius 1 is 1.44 bits per heavy atom. The van der Waals surface area contributed by atoms with Gasteiger partial charge in [-0.05, 0) is 30.7 Å². The van der Waals surface area contributed by atoms with Gasteiger partial charge in [0.15, 0.2) is 0 Å². The van der Waals surface area contributed by atoms with Crippen molar-refractivity contribution in [2.24, 2.45) is 0 Å². The predicted octanol–water partition coefficient (Wildman–Crippen LogP) is 1.45. The summed E-state index contributed by atoms with van der Waals surface area (Å²) in [5.74, 6) is 0.591. The summed E-state index contributed by atoms with van der Waals surface area (Å²) in [7, 11) is 0. The molecule has 0 radical (unpaired) electrons. The van der Waals surface area contributed by atoms with Gasteiger partial charge in [0.2, 0.25) is 0 Å². The van der Waals surface area contributed by atoms with Gasteiger partial charge in [0.05, 0.1) is 0 Å². The summed E-state index contributed by atoms with van der Waals surface area (Å²) in [5, 5.41) is 0. The van der Waals surface area contributed by atoms with Crippen LogP contribution in [0.25, 0.3) is 0 Å². The van der Waals surface area contributed by atoms with E-state index in [-0.39, 0.29) is 11.4 Å². The molecule has 0 aliphatic rings. The molecule has 0 saturated heterocycles. The molecule has 0 aliphatic heterocycles. The maximum Gasteiger partial charge on any atom is 0.311 e. The van der Waals surface area contributed by atoms with Crippen LogP contribution in [0.2, 0.25) is 0 Å². The summed E-state index contributed by atoms with van der Waals surface area (Å²) in [5.41, 5.74) is 6.75. The van der Waals surface area contributed by atoms with E-state index in [4.69, 9.17) is 10.5 Å². The third kappa shape index (κ3) is 2.03. The second-order valence-electron chi connectivity index (χ2n) is 3.35. The van der Waals surface area contributed by atoms with Gasteiger partial charge >= 0.3 is 5.56 Å². The largest absolute Gasteiger partial charge is 0.434 e. The van der Waals surface area contributed by atoms with Crippen LogP contribution in [0.1, 0.15) is 5.56 Å². The van der Waals surface area contributed by atoms with Crippen LogP contribution in [0.15, 0.2) is 35.4 Å². The van der Waals surface area contributed by atoms with Crippen LogP contribution in [0, 0.1) is 6.92 Å². The molecule has 16 heavy (non-hydrogen) atoms. The number of anilines is 1. The summed E-state index contributed by atoms with van der Waals surface area (Å²) >= 11 is 0. The number of nitrogens with zero attached hydrogens (tertiary/aromatic N) is 1. The summed E-state index contributed by atoms with van der Waals surface area (Å²) in [6, 6.07) is 5.19. The number of hydrogen-bond donors (Lipinski definition) is 2. The molecule has 0 aliphatic carbocycles. The fourth-order valence-corrected chi connectivity index (χ4v) is 1.30. The fraction of sp³-hybridized carbons (Fsp3) is 0.0909. The van der Waals surface area contributed by atoms with Crippen molar-refractivity contribution < 1.29 is 4.74 Å². The zero-order valence-electron chi connectivity index (χ0n) is 8.73. The first-order valence-corrected chi connectivity index (χ1v) is 4.74. The summed E-state index contributed by atoms with van der Waals surface area (Å²) < 4.78 is 5.38. The summed E-state index contributed by atoms with van der Waals surface area (Å²) in [4.78, 5) is 17.7. The number of H-pyrrole nitrogens is 1. The van der Waals surface area contributed by atoms with E-state index in [9.17, 15) is 4.79 Å². The minimum Gasteiger partial charge on any atom is -0.434 e. The van der Waals surface area contributed by atoms with Crippen molar-refractivity contribution in [3.8, 4) is 11.6 Å². The van der Waals surface area contributed by atoms with Gasteiger partial charge in [-0.2, -0.15) is 0 Å². The molecule has 0 saturated carbocycles.